The van der Waals surface area contributed by atoms with Crippen LogP contribution in [-0.4, -0.2) is 0 Å². The van der Waals surface area contributed by atoms with Crippen molar-refractivity contribution in [3.05, 3.63) is 27.4 Å². The van der Waals surface area contributed by atoms with E-state index in [2.05, 4.69) is 20.3 Å². The Labute approximate surface area is 103 Å². The van der Waals surface area contributed by atoms with Crippen molar-refractivity contribution < 1.29 is 21.1 Å². The molecule has 0 aliphatic heterocycles. The van der Waals surface area contributed by atoms with E-state index in [0.717, 1.165) is 0 Å². The van der Waals surface area contributed by atoms with Crippen molar-refractivity contribution in [2.24, 2.45) is 0 Å². The zero-order valence-corrected chi connectivity index (χ0v) is 13.2. The summed E-state index contributed by atoms with van der Waals surface area (Å²) in [6.45, 7) is 12.3. The molecule has 90 valence electrons. The molecule has 2 heteroatoms. The Bertz CT molecular complexity index is 17.6. The number of rotatable bonds is 2. The summed E-state index contributed by atoms with van der Waals surface area (Å²) in [7, 11) is 0. The molecule has 0 aliphatic carbocycles. The number of nitrogens with two attached hydrogens (primary N) is 1. The van der Waals surface area contributed by atoms with Crippen molar-refractivity contribution in [2.75, 3.05) is 0 Å². The van der Waals surface area contributed by atoms with Crippen molar-refractivity contribution >= 4 is 0 Å². The van der Waals surface area contributed by atoms with E-state index in [0.29, 0.717) is 0 Å². The third kappa shape index (κ3) is 204. The predicted octanol–water partition coefficient (Wildman–Crippen LogP) is 5.68. The van der Waals surface area contributed by atoms with Gasteiger partial charge in [-0.15, -0.1) is 0 Å². The van der Waals surface area contributed by atoms with Gasteiger partial charge in [-0.3, -0.25) is 0 Å². The average Bonchev–Trinajstić information content (AvgIpc) is 1.98. The SMILES string of the molecule is CC.CC.CC[CH-]CC.[CH3-].[CH3-].[NH2-].[Pt+4]. The molecule has 0 amide bonds. The second-order valence-electron chi connectivity index (χ2n) is 1.11. The second-order valence-corrected chi connectivity index (χ2v) is 1.11. The van der Waals surface area contributed by atoms with E-state index in [4.69, 9.17) is 0 Å². The van der Waals surface area contributed by atoms with Crippen LogP contribution >= 0.6 is 0 Å². The average molecular weight is 372 g/mol. The van der Waals surface area contributed by atoms with Gasteiger partial charge < -0.3 is 27.4 Å². The monoisotopic (exact) mass is 372 g/mol. The molecule has 0 aromatic carbocycles. The van der Waals surface area contributed by atoms with Gasteiger partial charge in [0.2, 0.25) is 0 Å². The molecule has 0 saturated carbocycles. The quantitative estimate of drug-likeness (QED) is 0.559. The standard InChI is InChI=1S/C5H11.2C2H6.2CH3.H2N.Pt/c1-3-5-4-2;2*1-2;;;;/h5H,3-4H2,1-2H3;2*1-2H3;2*1H3;1H2;/q-1;;;3*-1;+4. The van der Waals surface area contributed by atoms with Crippen LogP contribution in [0.15, 0.2) is 0 Å². The van der Waals surface area contributed by atoms with Crippen LogP contribution in [0.4, 0.5) is 0 Å². The molecule has 0 bridgehead atoms. The molecule has 0 atom stereocenters. The van der Waals surface area contributed by atoms with Gasteiger partial charge in [-0.1, -0.05) is 41.5 Å². The third-order valence-corrected chi connectivity index (χ3v) is 0.577. The maximum Gasteiger partial charge on any atom is 4.00 e. The molecule has 0 aromatic heterocycles. The first-order chi connectivity index (χ1) is 4.41. The Morgan fingerprint density at radius 2 is 0.923 bits per heavy atom. The molecule has 0 rings (SSSR count). The fraction of sp³-hybridized carbons (Fsp3) is 0.727. The Balaban J connectivity index is -0.00000000818. The Kier molecular flexibility index (Phi) is 490. The second kappa shape index (κ2) is 129. The van der Waals surface area contributed by atoms with Crippen LogP contribution in [0.2, 0.25) is 0 Å². The third-order valence-electron chi connectivity index (χ3n) is 0.577. The molecule has 0 heterocycles. The van der Waals surface area contributed by atoms with Gasteiger partial charge in [0.1, 0.15) is 0 Å². The van der Waals surface area contributed by atoms with Gasteiger partial charge in [0.05, 0.1) is 0 Å². The Morgan fingerprint density at radius 3 is 0.923 bits per heavy atom. The summed E-state index contributed by atoms with van der Waals surface area (Å²) in [4.78, 5) is 0. The maximum absolute atomic E-state index is 2.25. The van der Waals surface area contributed by atoms with Crippen molar-refractivity contribution in [1.82, 2.24) is 0 Å². The zero-order chi connectivity index (χ0) is 8.12. The van der Waals surface area contributed by atoms with Crippen LogP contribution in [0, 0.1) is 21.3 Å². The molecular formula is C11H31NPt. The molecule has 0 aliphatic rings. The molecule has 2 N–H and O–H groups in total. The first kappa shape index (κ1) is 49.4. The maximum atomic E-state index is 2.25. The Morgan fingerprint density at radius 1 is 0.769 bits per heavy atom. The molecule has 0 fully saturated rings. The van der Waals surface area contributed by atoms with Crippen LogP contribution < -0.4 is 0 Å². The van der Waals surface area contributed by atoms with Crippen LogP contribution in [-0.2, 0) is 21.1 Å². The molecule has 1 nitrogen and oxygen atoms in total. The summed E-state index contributed by atoms with van der Waals surface area (Å²) < 4.78 is 0. The zero-order valence-electron chi connectivity index (χ0n) is 10.9. The fourth-order valence-corrected chi connectivity index (χ4v) is 0.289. The summed E-state index contributed by atoms with van der Waals surface area (Å²) >= 11 is 0. The summed E-state index contributed by atoms with van der Waals surface area (Å²) in [5, 5.41) is 0. The minimum atomic E-state index is 0. The van der Waals surface area contributed by atoms with Gasteiger partial charge >= 0.3 is 21.1 Å². The largest absolute Gasteiger partial charge is 4.00 e. The van der Waals surface area contributed by atoms with Gasteiger partial charge in [0.25, 0.3) is 0 Å². The Hall–Kier alpha value is 0.648. The minimum Gasteiger partial charge on any atom is -0.693 e. The van der Waals surface area contributed by atoms with Crippen LogP contribution in [0.3, 0.4) is 0 Å². The van der Waals surface area contributed by atoms with E-state index in [9.17, 15) is 0 Å². The fourth-order valence-electron chi connectivity index (χ4n) is 0.289. The van der Waals surface area contributed by atoms with Crippen LogP contribution in [0.1, 0.15) is 54.4 Å². The topological polar surface area (TPSA) is 33.5 Å². The van der Waals surface area contributed by atoms with Crippen LogP contribution in [0.5, 0.6) is 0 Å². The predicted molar refractivity (Wildman–Crippen MR) is 65.7 cm³/mol. The van der Waals surface area contributed by atoms with E-state index < -0.39 is 0 Å². The minimum absolute atomic E-state index is 0. The van der Waals surface area contributed by atoms with E-state index in [1.807, 2.05) is 27.7 Å². The molecule has 0 unspecified atom stereocenters. The van der Waals surface area contributed by atoms with E-state index >= 15 is 0 Å². The van der Waals surface area contributed by atoms with Crippen molar-refractivity contribution in [1.29, 1.82) is 0 Å². The first-order valence-electron chi connectivity index (χ1n) is 4.23. The number of hydrogen-bond donors (Lipinski definition) is 0. The molecule has 0 spiro atoms. The van der Waals surface area contributed by atoms with Gasteiger partial charge in [-0.05, 0) is 0 Å². The van der Waals surface area contributed by atoms with Gasteiger partial charge in [0.15, 0.2) is 0 Å². The van der Waals surface area contributed by atoms with Crippen LogP contribution in [0.25, 0.3) is 6.15 Å². The molecular weight excluding hydrogens is 341 g/mol. The van der Waals surface area contributed by atoms with E-state index in [1.165, 1.54) is 12.8 Å². The molecule has 0 saturated heterocycles. The summed E-state index contributed by atoms with van der Waals surface area (Å²) in [6.07, 6.45) is 4.69. The molecule has 0 aromatic rings. The number of hydrogen-bond acceptors (Lipinski definition) is 0. The van der Waals surface area contributed by atoms with Gasteiger partial charge in [-0.2, -0.15) is 12.8 Å². The summed E-state index contributed by atoms with van der Waals surface area (Å²) in [6, 6.07) is 0. The first-order valence-corrected chi connectivity index (χ1v) is 4.23. The smallest absolute Gasteiger partial charge is 0.693 e. The van der Waals surface area contributed by atoms with Gasteiger partial charge in [-0.25, -0.2) is 0 Å². The summed E-state index contributed by atoms with van der Waals surface area (Å²) in [5.41, 5.74) is 0. The summed E-state index contributed by atoms with van der Waals surface area (Å²) in [5.74, 6) is 0. The molecule has 13 heavy (non-hydrogen) atoms. The van der Waals surface area contributed by atoms with Crippen molar-refractivity contribution in [3.63, 3.8) is 0 Å². The normalized spacial score (nSPS) is 4.15. The van der Waals surface area contributed by atoms with E-state index in [-0.39, 0.29) is 42.1 Å². The van der Waals surface area contributed by atoms with Crippen molar-refractivity contribution in [3.8, 4) is 0 Å². The number of unbranched alkanes of at least 4 members (excludes halogenated alkanes) is 2. The van der Waals surface area contributed by atoms with E-state index in [1.54, 1.807) is 0 Å². The molecule has 0 radical (unpaired) electrons. The van der Waals surface area contributed by atoms with Gasteiger partial charge in [0, 0.05) is 0 Å². The van der Waals surface area contributed by atoms with Crippen molar-refractivity contribution in [2.45, 2.75) is 54.4 Å².